The molecule has 20 heavy (non-hydrogen) atoms. The summed E-state index contributed by atoms with van der Waals surface area (Å²) >= 11 is 0. The highest BCUT2D eigenvalue weighted by Crippen LogP contribution is 2.23. The third kappa shape index (κ3) is 2.18. The minimum Gasteiger partial charge on any atom is -0.337 e. The third-order valence-corrected chi connectivity index (χ3v) is 4.26. The van der Waals surface area contributed by atoms with Crippen LogP contribution >= 0.6 is 0 Å². The van der Waals surface area contributed by atoms with Gasteiger partial charge in [0.25, 0.3) is 5.91 Å². The van der Waals surface area contributed by atoms with Gasteiger partial charge in [0.15, 0.2) is 0 Å². The lowest BCUT2D eigenvalue weighted by Gasteiger charge is -2.35. The number of carbonyl (C=O) groups excluding carboxylic acids is 1. The topological polar surface area (TPSA) is 63.6 Å². The first-order chi connectivity index (χ1) is 9.68. The van der Waals surface area contributed by atoms with Crippen LogP contribution < -0.4 is 5.73 Å². The Morgan fingerprint density at radius 2 is 2.20 bits per heavy atom. The van der Waals surface area contributed by atoms with Crippen molar-refractivity contribution in [1.82, 2.24) is 14.5 Å². The summed E-state index contributed by atoms with van der Waals surface area (Å²) in [4.78, 5) is 14.5. The first-order valence-corrected chi connectivity index (χ1v) is 7.13. The quantitative estimate of drug-likeness (QED) is 0.904. The van der Waals surface area contributed by atoms with Crippen LogP contribution in [-0.2, 0) is 0 Å². The molecule has 3 rings (SSSR count). The van der Waals surface area contributed by atoms with Gasteiger partial charge in [-0.2, -0.15) is 5.10 Å². The van der Waals surface area contributed by atoms with E-state index in [9.17, 15) is 4.79 Å². The molecular formula is C15H20N4O. The molecule has 2 unspecified atom stereocenters. The zero-order chi connectivity index (χ0) is 14.1. The maximum Gasteiger partial charge on any atom is 0.257 e. The Kier molecular flexibility index (Phi) is 3.44. The van der Waals surface area contributed by atoms with Crippen molar-refractivity contribution < 1.29 is 4.79 Å². The van der Waals surface area contributed by atoms with Crippen LogP contribution in [0, 0.1) is 0 Å². The van der Waals surface area contributed by atoms with E-state index in [1.807, 2.05) is 31.4 Å². The molecule has 0 aromatic carbocycles. The fraction of sp³-hybridized carbons (Fsp3) is 0.467. The van der Waals surface area contributed by atoms with Crippen LogP contribution in [-0.4, -0.2) is 39.6 Å². The number of hydrogen-bond acceptors (Lipinski definition) is 3. The molecule has 1 fully saturated rings. The Bertz CT molecular complexity index is 621. The van der Waals surface area contributed by atoms with Crippen molar-refractivity contribution in [3.63, 3.8) is 0 Å². The molecule has 2 N–H and O–H groups in total. The molecule has 0 radical (unpaired) electrons. The highest BCUT2D eigenvalue weighted by atomic mass is 16.2. The van der Waals surface area contributed by atoms with Crippen molar-refractivity contribution in [2.45, 2.75) is 37.8 Å². The second-order valence-corrected chi connectivity index (χ2v) is 5.52. The van der Waals surface area contributed by atoms with E-state index < -0.39 is 0 Å². The van der Waals surface area contributed by atoms with Crippen LogP contribution in [0.3, 0.4) is 0 Å². The first-order valence-electron chi connectivity index (χ1n) is 7.13. The van der Waals surface area contributed by atoms with Crippen molar-refractivity contribution >= 4 is 11.4 Å². The van der Waals surface area contributed by atoms with Crippen molar-refractivity contribution in [1.29, 1.82) is 0 Å². The molecule has 0 bridgehead atoms. The van der Waals surface area contributed by atoms with E-state index in [-0.39, 0.29) is 18.0 Å². The van der Waals surface area contributed by atoms with Crippen molar-refractivity contribution in [2.75, 3.05) is 7.05 Å². The fourth-order valence-corrected chi connectivity index (χ4v) is 3.06. The van der Waals surface area contributed by atoms with Gasteiger partial charge < -0.3 is 10.6 Å². The van der Waals surface area contributed by atoms with Gasteiger partial charge in [-0.1, -0.05) is 18.9 Å². The average molecular weight is 272 g/mol. The Morgan fingerprint density at radius 1 is 1.40 bits per heavy atom. The SMILES string of the molecule is CN(C(=O)c1cnn2ccccc12)C1CCCCC1N. The zero-order valence-electron chi connectivity index (χ0n) is 11.7. The van der Waals surface area contributed by atoms with Gasteiger partial charge in [-0.3, -0.25) is 4.79 Å². The first kappa shape index (κ1) is 13.1. The van der Waals surface area contributed by atoms with E-state index in [4.69, 9.17) is 5.73 Å². The summed E-state index contributed by atoms with van der Waals surface area (Å²) in [5, 5.41) is 4.22. The van der Waals surface area contributed by atoms with Gasteiger partial charge in [0, 0.05) is 25.3 Å². The molecule has 5 nitrogen and oxygen atoms in total. The van der Waals surface area contributed by atoms with E-state index in [2.05, 4.69) is 5.10 Å². The minimum atomic E-state index is 0.00792. The molecule has 2 atom stereocenters. The summed E-state index contributed by atoms with van der Waals surface area (Å²) in [6.45, 7) is 0. The van der Waals surface area contributed by atoms with Crippen LogP contribution in [0.15, 0.2) is 30.6 Å². The minimum absolute atomic E-state index is 0.00792. The van der Waals surface area contributed by atoms with Crippen LogP contribution in [0.25, 0.3) is 5.52 Å². The molecule has 2 aromatic heterocycles. The summed E-state index contributed by atoms with van der Waals surface area (Å²) in [6.07, 6.45) is 7.78. The number of nitrogens with zero attached hydrogens (tertiary/aromatic N) is 3. The molecule has 1 aliphatic carbocycles. The van der Waals surface area contributed by atoms with Gasteiger partial charge in [0.05, 0.1) is 17.3 Å². The molecule has 106 valence electrons. The number of hydrogen-bond donors (Lipinski definition) is 1. The summed E-state index contributed by atoms with van der Waals surface area (Å²) in [7, 11) is 1.85. The standard InChI is InChI=1S/C15H20N4O/c1-18(14-8-3-2-6-12(14)16)15(20)11-10-17-19-9-5-4-7-13(11)19/h4-5,7,9-10,12,14H,2-3,6,8,16H2,1H3. The monoisotopic (exact) mass is 272 g/mol. The Morgan fingerprint density at radius 3 is 3.00 bits per heavy atom. The number of amides is 1. The predicted octanol–water partition coefficient (Wildman–Crippen LogP) is 1.68. The second kappa shape index (κ2) is 5.25. The molecule has 0 spiro atoms. The Balaban J connectivity index is 1.88. The number of pyridine rings is 1. The van der Waals surface area contributed by atoms with Gasteiger partial charge >= 0.3 is 0 Å². The summed E-state index contributed by atoms with van der Waals surface area (Å²) in [5.74, 6) is 0.00792. The molecule has 1 aliphatic rings. The van der Waals surface area contributed by atoms with Crippen LogP contribution in [0.4, 0.5) is 0 Å². The molecule has 0 saturated heterocycles. The lowest BCUT2D eigenvalue weighted by molar-refractivity contribution is 0.0674. The molecule has 1 saturated carbocycles. The molecule has 2 heterocycles. The normalized spacial score (nSPS) is 22.9. The van der Waals surface area contributed by atoms with E-state index in [1.54, 1.807) is 15.6 Å². The van der Waals surface area contributed by atoms with E-state index in [0.717, 1.165) is 31.2 Å². The van der Waals surface area contributed by atoms with Crippen molar-refractivity contribution in [3.05, 3.63) is 36.2 Å². The number of likely N-dealkylation sites (N-methyl/N-ethyl adjacent to an activating group) is 1. The Labute approximate surface area is 118 Å². The summed E-state index contributed by atoms with van der Waals surface area (Å²) < 4.78 is 1.72. The number of rotatable bonds is 2. The lowest BCUT2D eigenvalue weighted by atomic mass is 9.90. The maximum atomic E-state index is 12.7. The van der Waals surface area contributed by atoms with Gasteiger partial charge in [0.1, 0.15) is 0 Å². The van der Waals surface area contributed by atoms with Gasteiger partial charge in [-0.25, -0.2) is 4.52 Å². The number of aromatic nitrogens is 2. The maximum absolute atomic E-state index is 12.7. The lowest BCUT2D eigenvalue weighted by Crippen LogP contribution is -2.50. The number of fused-ring (bicyclic) bond motifs is 1. The van der Waals surface area contributed by atoms with Crippen molar-refractivity contribution in [3.8, 4) is 0 Å². The van der Waals surface area contributed by atoms with E-state index in [1.165, 1.54) is 0 Å². The van der Waals surface area contributed by atoms with Crippen LogP contribution in [0.2, 0.25) is 0 Å². The zero-order valence-corrected chi connectivity index (χ0v) is 11.7. The predicted molar refractivity (Wildman–Crippen MR) is 77.5 cm³/mol. The molecule has 0 aliphatic heterocycles. The smallest absolute Gasteiger partial charge is 0.257 e. The highest BCUT2D eigenvalue weighted by Gasteiger charge is 2.29. The molecule has 5 heteroatoms. The highest BCUT2D eigenvalue weighted by molar-refractivity contribution is 6.00. The number of nitrogens with two attached hydrogens (primary N) is 1. The van der Waals surface area contributed by atoms with Crippen LogP contribution in [0.1, 0.15) is 36.0 Å². The summed E-state index contributed by atoms with van der Waals surface area (Å²) in [5.41, 5.74) is 7.65. The van der Waals surface area contributed by atoms with Gasteiger partial charge in [0.2, 0.25) is 0 Å². The van der Waals surface area contributed by atoms with E-state index in [0.29, 0.717) is 5.56 Å². The molecule has 1 amide bonds. The fourth-order valence-electron chi connectivity index (χ4n) is 3.06. The molecule has 2 aromatic rings. The average Bonchev–Trinajstić information content (AvgIpc) is 2.90. The largest absolute Gasteiger partial charge is 0.337 e. The van der Waals surface area contributed by atoms with Gasteiger partial charge in [-0.05, 0) is 25.0 Å². The van der Waals surface area contributed by atoms with Crippen molar-refractivity contribution in [2.24, 2.45) is 5.73 Å². The second-order valence-electron chi connectivity index (χ2n) is 5.52. The Hall–Kier alpha value is -1.88. The number of carbonyl (C=O) groups is 1. The third-order valence-electron chi connectivity index (χ3n) is 4.26. The van der Waals surface area contributed by atoms with Crippen LogP contribution in [0.5, 0.6) is 0 Å². The van der Waals surface area contributed by atoms with Gasteiger partial charge in [-0.15, -0.1) is 0 Å². The van der Waals surface area contributed by atoms with E-state index >= 15 is 0 Å². The summed E-state index contributed by atoms with van der Waals surface area (Å²) in [6, 6.07) is 5.94. The molecular weight excluding hydrogens is 252 g/mol.